The van der Waals surface area contributed by atoms with Crippen molar-refractivity contribution in [3.8, 4) is 0 Å². The number of rotatable bonds is 4. The molecule has 2 aromatic heterocycles. The second kappa shape index (κ2) is 6.11. The Morgan fingerprint density at radius 1 is 1.10 bits per heavy atom. The molecule has 1 N–H and O–H groups in total. The van der Waals surface area contributed by atoms with E-state index < -0.39 is 0 Å². The van der Waals surface area contributed by atoms with Gasteiger partial charge in [0.05, 0.1) is 0 Å². The molecule has 104 valence electrons. The highest BCUT2D eigenvalue weighted by Gasteiger charge is 2.33. The normalized spacial score (nSPS) is 23.1. The van der Waals surface area contributed by atoms with E-state index in [0.29, 0.717) is 11.8 Å². The fourth-order valence-corrected chi connectivity index (χ4v) is 3.01. The first-order valence-electron chi connectivity index (χ1n) is 6.99. The van der Waals surface area contributed by atoms with Crippen molar-refractivity contribution in [2.24, 2.45) is 5.92 Å². The smallest absolute Gasteiger partial charge is 0.0477 e. The molecule has 1 fully saturated rings. The molecule has 0 bridgehead atoms. The largest absolute Gasteiger partial charge is 0.396 e. The van der Waals surface area contributed by atoms with Crippen LogP contribution in [0.25, 0.3) is 0 Å². The van der Waals surface area contributed by atoms with Gasteiger partial charge in [-0.25, -0.2) is 0 Å². The summed E-state index contributed by atoms with van der Waals surface area (Å²) in [7, 11) is 0. The molecule has 1 saturated heterocycles. The highest BCUT2D eigenvalue weighted by Crippen LogP contribution is 2.32. The standard InChI is InChI=1S/C16H19N3O/c20-12-15-10-19(9-13-2-1-5-18-8-13)11-16(15)14-3-6-17-7-4-14/h1-8,15-16,20H,9-12H2/t15-,16-/m0/s1. The monoisotopic (exact) mass is 269 g/mol. The van der Waals surface area contributed by atoms with Gasteiger partial charge in [-0.3, -0.25) is 14.9 Å². The number of aromatic nitrogens is 2. The minimum Gasteiger partial charge on any atom is -0.396 e. The van der Waals surface area contributed by atoms with Crippen molar-refractivity contribution in [1.82, 2.24) is 14.9 Å². The van der Waals surface area contributed by atoms with E-state index in [2.05, 4.69) is 33.1 Å². The molecule has 3 rings (SSSR count). The van der Waals surface area contributed by atoms with Crippen LogP contribution in [0.1, 0.15) is 17.0 Å². The predicted molar refractivity (Wildman–Crippen MR) is 77.1 cm³/mol. The molecule has 0 aliphatic carbocycles. The zero-order valence-corrected chi connectivity index (χ0v) is 11.4. The summed E-state index contributed by atoms with van der Waals surface area (Å²) in [6.07, 6.45) is 7.36. The van der Waals surface area contributed by atoms with Gasteiger partial charge in [-0.05, 0) is 29.3 Å². The van der Waals surface area contributed by atoms with Crippen LogP contribution in [-0.4, -0.2) is 39.7 Å². The molecule has 1 aliphatic rings. The van der Waals surface area contributed by atoms with Gasteiger partial charge in [0.1, 0.15) is 0 Å². The lowest BCUT2D eigenvalue weighted by atomic mass is 9.90. The molecule has 20 heavy (non-hydrogen) atoms. The third kappa shape index (κ3) is 2.86. The van der Waals surface area contributed by atoms with E-state index >= 15 is 0 Å². The van der Waals surface area contributed by atoms with Crippen LogP contribution in [0.15, 0.2) is 49.1 Å². The zero-order valence-electron chi connectivity index (χ0n) is 11.4. The number of likely N-dealkylation sites (tertiary alicyclic amines) is 1. The summed E-state index contributed by atoms with van der Waals surface area (Å²) in [5, 5.41) is 9.63. The molecule has 0 spiro atoms. The summed E-state index contributed by atoms with van der Waals surface area (Å²) in [6, 6.07) is 8.18. The molecule has 0 saturated carbocycles. The van der Waals surface area contributed by atoms with Crippen LogP contribution in [0.5, 0.6) is 0 Å². The number of pyridine rings is 2. The van der Waals surface area contributed by atoms with Crippen LogP contribution < -0.4 is 0 Å². The van der Waals surface area contributed by atoms with Gasteiger partial charge in [0.25, 0.3) is 0 Å². The van der Waals surface area contributed by atoms with Gasteiger partial charge >= 0.3 is 0 Å². The molecule has 3 heterocycles. The molecule has 0 radical (unpaired) electrons. The Kier molecular flexibility index (Phi) is 4.04. The molecule has 0 unspecified atom stereocenters. The van der Waals surface area contributed by atoms with Crippen molar-refractivity contribution in [3.05, 3.63) is 60.2 Å². The Bertz CT molecular complexity index is 532. The molecule has 2 atom stereocenters. The number of hydrogen-bond acceptors (Lipinski definition) is 4. The Labute approximate surface area is 119 Å². The van der Waals surface area contributed by atoms with Crippen LogP contribution in [0.2, 0.25) is 0 Å². The third-order valence-electron chi connectivity index (χ3n) is 4.01. The van der Waals surface area contributed by atoms with E-state index in [-0.39, 0.29) is 6.61 Å². The van der Waals surface area contributed by atoms with E-state index in [1.54, 1.807) is 6.20 Å². The van der Waals surface area contributed by atoms with Crippen LogP contribution in [-0.2, 0) is 6.54 Å². The van der Waals surface area contributed by atoms with Gasteiger partial charge in [-0.15, -0.1) is 0 Å². The van der Waals surface area contributed by atoms with Crippen molar-refractivity contribution in [2.45, 2.75) is 12.5 Å². The lowest BCUT2D eigenvalue weighted by Crippen LogP contribution is -2.20. The molecular weight excluding hydrogens is 250 g/mol. The number of nitrogens with zero attached hydrogens (tertiary/aromatic N) is 3. The topological polar surface area (TPSA) is 49.2 Å². The van der Waals surface area contributed by atoms with Crippen molar-refractivity contribution >= 4 is 0 Å². The maximum absolute atomic E-state index is 9.63. The van der Waals surface area contributed by atoms with Crippen LogP contribution in [0.3, 0.4) is 0 Å². The Morgan fingerprint density at radius 3 is 2.65 bits per heavy atom. The highest BCUT2D eigenvalue weighted by atomic mass is 16.3. The van der Waals surface area contributed by atoms with Gasteiger partial charge in [0.2, 0.25) is 0 Å². The maximum Gasteiger partial charge on any atom is 0.0477 e. The molecule has 2 aromatic rings. The molecule has 1 aliphatic heterocycles. The number of hydrogen-bond donors (Lipinski definition) is 1. The van der Waals surface area contributed by atoms with Gasteiger partial charge in [-0.2, -0.15) is 0 Å². The minimum absolute atomic E-state index is 0.233. The summed E-state index contributed by atoms with van der Waals surface area (Å²) in [5.74, 6) is 0.689. The van der Waals surface area contributed by atoms with E-state index in [0.717, 1.165) is 19.6 Å². The second-order valence-corrected chi connectivity index (χ2v) is 5.39. The first-order chi connectivity index (χ1) is 9.86. The second-order valence-electron chi connectivity index (χ2n) is 5.39. The van der Waals surface area contributed by atoms with Gasteiger partial charge in [0.15, 0.2) is 0 Å². The fraction of sp³-hybridized carbons (Fsp3) is 0.375. The average Bonchev–Trinajstić information content (AvgIpc) is 2.92. The number of aliphatic hydroxyl groups excluding tert-OH is 1. The highest BCUT2D eigenvalue weighted by molar-refractivity contribution is 5.20. The molecule has 4 nitrogen and oxygen atoms in total. The van der Waals surface area contributed by atoms with Crippen molar-refractivity contribution in [1.29, 1.82) is 0 Å². The minimum atomic E-state index is 0.233. The SMILES string of the molecule is OC[C@@H]1CN(Cc2cccnc2)C[C@H]1c1ccncc1. The van der Waals surface area contributed by atoms with Gasteiger partial charge in [-0.1, -0.05) is 6.07 Å². The van der Waals surface area contributed by atoms with E-state index in [1.165, 1.54) is 11.1 Å². The summed E-state index contributed by atoms with van der Waals surface area (Å²) < 4.78 is 0. The van der Waals surface area contributed by atoms with Crippen LogP contribution in [0, 0.1) is 5.92 Å². The number of aliphatic hydroxyl groups is 1. The summed E-state index contributed by atoms with van der Waals surface area (Å²) >= 11 is 0. The quantitative estimate of drug-likeness (QED) is 0.917. The summed E-state index contributed by atoms with van der Waals surface area (Å²) in [4.78, 5) is 10.6. The molecule has 4 heteroatoms. The van der Waals surface area contributed by atoms with Gasteiger partial charge < -0.3 is 5.11 Å². The van der Waals surface area contributed by atoms with Gasteiger partial charge in [0, 0.05) is 62.9 Å². The van der Waals surface area contributed by atoms with Crippen molar-refractivity contribution < 1.29 is 5.11 Å². The van der Waals surface area contributed by atoms with Crippen molar-refractivity contribution in [2.75, 3.05) is 19.7 Å². The Balaban J connectivity index is 1.71. The molecular formula is C16H19N3O. The van der Waals surface area contributed by atoms with Crippen LogP contribution >= 0.6 is 0 Å². The summed E-state index contributed by atoms with van der Waals surface area (Å²) in [6.45, 7) is 3.03. The Hall–Kier alpha value is -1.78. The van der Waals surface area contributed by atoms with E-state index in [4.69, 9.17) is 0 Å². The molecule has 0 aromatic carbocycles. The third-order valence-corrected chi connectivity index (χ3v) is 4.01. The van der Waals surface area contributed by atoms with E-state index in [9.17, 15) is 5.11 Å². The average molecular weight is 269 g/mol. The van der Waals surface area contributed by atoms with Crippen LogP contribution in [0.4, 0.5) is 0 Å². The Morgan fingerprint density at radius 2 is 1.95 bits per heavy atom. The van der Waals surface area contributed by atoms with Crippen molar-refractivity contribution in [3.63, 3.8) is 0 Å². The summed E-state index contributed by atoms with van der Waals surface area (Å²) in [5.41, 5.74) is 2.49. The zero-order chi connectivity index (χ0) is 13.8. The molecule has 0 amide bonds. The van der Waals surface area contributed by atoms with E-state index in [1.807, 2.05) is 24.7 Å². The lowest BCUT2D eigenvalue weighted by Gasteiger charge is -2.16. The first-order valence-corrected chi connectivity index (χ1v) is 6.99. The fourth-order valence-electron chi connectivity index (χ4n) is 3.01. The lowest BCUT2D eigenvalue weighted by molar-refractivity contribution is 0.214. The first kappa shape index (κ1) is 13.2. The predicted octanol–water partition coefficient (Wildman–Crippen LogP) is 1.68. The maximum atomic E-state index is 9.63.